The van der Waals surface area contributed by atoms with Gasteiger partial charge in [0.15, 0.2) is 0 Å². The molecule has 2 nitrogen and oxygen atoms in total. The molecule has 0 radical (unpaired) electrons. The van der Waals surface area contributed by atoms with E-state index in [0.717, 1.165) is 18.7 Å². The van der Waals surface area contributed by atoms with Gasteiger partial charge in [-0.2, -0.15) is 0 Å². The fraction of sp³-hybridized carbons (Fsp3) is 0.583. The van der Waals surface area contributed by atoms with Crippen molar-refractivity contribution in [2.75, 3.05) is 14.1 Å². The van der Waals surface area contributed by atoms with Crippen LogP contribution in [-0.4, -0.2) is 24.0 Å². The molecule has 0 aromatic carbocycles. The Labute approximate surface area is 88.0 Å². The first-order valence-electron chi connectivity index (χ1n) is 5.32. The van der Waals surface area contributed by atoms with Crippen molar-refractivity contribution in [2.45, 2.75) is 33.7 Å². The van der Waals surface area contributed by atoms with Crippen molar-refractivity contribution < 1.29 is 0 Å². The molecule has 1 rings (SSSR count). The second-order valence-electron chi connectivity index (χ2n) is 3.21. The quantitative estimate of drug-likeness (QED) is 0.735. The molecule has 2 heteroatoms. The Bertz CT molecular complexity index is 244. The van der Waals surface area contributed by atoms with Gasteiger partial charge in [0.2, 0.25) is 0 Å². The third-order valence-electron chi connectivity index (χ3n) is 1.70. The molecule has 0 aliphatic carbocycles. The van der Waals surface area contributed by atoms with Gasteiger partial charge in [-0.1, -0.05) is 26.8 Å². The molecule has 1 aromatic heterocycles. The molecule has 0 atom stereocenters. The number of rotatable bonds is 3. The lowest BCUT2D eigenvalue weighted by Crippen LogP contribution is -2.12. The molecule has 0 bridgehead atoms. The highest BCUT2D eigenvalue weighted by Gasteiger charge is 1.96. The second kappa shape index (κ2) is 7.51. The average molecular weight is 194 g/mol. The van der Waals surface area contributed by atoms with E-state index in [0.29, 0.717) is 0 Å². The van der Waals surface area contributed by atoms with Gasteiger partial charge in [-0.25, -0.2) is 0 Å². The van der Waals surface area contributed by atoms with E-state index < -0.39 is 0 Å². The molecule has 0 spiro atoms. The fourth-order valence-electron chi connectivity index (χ4n) is 1.14. The fourth-order valence-corrected chi connectivity index (χ4v) is 1.14. The summed E-state index contributed by atoms with van der Waals surface area (Å²) in [5.74, 6) is 0. The zero-order valence-electron chi connectivity index (χ0n) is 10.0. The summed E-state index contributed by atoms with van der Waals surface area (Å²) in [7, 11) is 4.11. The van der Waals surface area contributed by atoms with Crippen molar-refractivity contribution in [3.63, 3.8) is 0 Å². The van der Waals surface area contributed by atoms with Crippen molar-refractivity contribution in [3.05, 3.63) is 29.6 Å². The van der Waals surface area contributed by atoms with Crippen LogP contribution in [0.2, 0.25) is 0 Å². The molecule has 0 saturated carbocycles. The Morgan fingerprint density at radius 3 is 2.21 bits per heavy atom. The lowest BCUT2D eigenvalue weighted by atomic mass is 10.2. The van der Waals surface area contributed by atoms with E-state index in [9.17, 15) is 0 Å². The number of hydrogen-bond donors (Lipinski definition) is 0. The SMILES string of the molecule is CC.CCc1cccc(CN(C)C)n1. The lowest BCUT2D eigenvalue weighted by Gasteiger charge is -2.09. The Morgan fingerprint density at radius 1 is 1.14 bits per heavy atom. The van der Waals surface area contributed by atoms with Crippen molar-refractivity contribution >= 4 is 0 Å². The van der Waals surface area contributed by atoms with Gasteiger partial charge in [-0.05, 0) is 32.6 Å². The van der Waals surface area contributed by atoms with Crippen LogP contribution in [0.1, 0.15) is 32.2 Å². The Kier molecular flexibility index (Phi) is 7.03. The maximum atomic E-state index is 4.49. The summed E-state index contributed by atoms with van der Waals surface area (Å²) in [5.41, 5.74) is 2.33. The minimum atomic E-state index is 0.924. The molecule has 0 unspecified atom stereocenters. The summed E-state index contributed by atoms with van der Waals surface area (Å²) in [4.78, 5) is 6.62. The topological polar surface area (TPSA) is 16.1 Å². The van der Waals surface area contributed by atoms with Crippen LogP contribution in [0.3, 0.4) is 0 Å². The number of aromatic nitrogens is 1. The maximum Gasteiger partial charge on any atom is 0.0547 e. The molecule has 14 heavy (non-hydrogen) atoms. The highest BCUT2D eigenvalue weighted by molar-refractivity contribution is 5.10. The van der Waals surface area contributed by atoms with Gasteiger partial charge in [-0.3, -0.25) is 4.98 Å². The van der Waals surface area contributed by atoms with Crippen LogP contribution in [-0.2, 0) is 13.0 Å². The van der Waals surface area contributed by atoms with Gasteiger partial charge >= 0.3 is 0 Å². The molecular formula is C12H22N2. The summed E-state index contributed by atoms with van der Waals surface area (Å²) in [6.07, 6.45) is 1.02. The molecule has 1 aromatic rings. The third kappa shape index (κ3) is 4.97. The highest BCUT2D eigenvalue weighted by atomic mass is 15.1. The number of pyridine rings is 1. The summed E-state index contributed by atoms with van der Waals surface area (Å²) >= 11 is 0. The van der Waals surface area contributed by atoms with Gasteiger partial charge in [0.05, 0.1) is 5.69 Å². The molecular weight excluding hydrogens is 172 g/mol. The van der Waals surface area contributed by atoms with E-state index in [-0.39, 0.29) is 0 Å². The summed E-state index contributed by atoms with van der Waals surface area (Å²) in [5, 5.41) is 0. The predicted molar refractivity (Wildman–Crippen MR) is 62.4 cm³/mol. The number of aryl methyl sites for hydroxylation is 1. The van der Waals surface area contributed by atoms with E-state index in [1.165, 1.54) is 5.69 Å². The smallest absolute Gasteiger partial charge is 0.0547 e. The van der Waals surface area contributed by atoms with E-state index in [1.54, 1.807) is 0 Å². The molecule has 0 aliphatic heterocycles. The van der Waals surface area contributed by atoms with E-state index in [1.807, 2.05) is 13.8 Å². The largest absolute Gasteiger partial charge is 0.304 e. The summed E-state index contributed by atoms with van der Waals surface area (Å²) < 4.78 is 0. The van der Waals surface area contributed by atoms with Crippen LogP contribution in [0.4, 0.5) is 0 Å². The van der Waals surface area contributed by atoms with Crippen molar-refractivity contribution in [1.29, 1.82) is 0 Å². The third-order valence-corrected chi connectivity index (χ3v) is 1.70. The lowest BCUT2D eigenvalue weighted by molar-refractivity contribution is 0.396. The van der Waals surface area contributed by atoms with Gasteiger partial charge in [-0.15, -0.1) is 0 Å². The van der Waals surface area contributed by atoms with Crippen LogP contribution in [0.5, 0.6) is 0 Å². The number of nitrogens with zero attached hydrogens (tertiary/aromatic N) is 2. The Balaban J connectivity index is 0.000000791. The summed E-state index contributed by atoms with van der Waals surface area (Å²) in [6, 6.07) is 6.21. The zero-order valence-corrected chi connectivity index (χ0v) is 10.0. The normalized spacial score (nSPS) is 9.57. The molecule has 1 heterocycles. The maximum absolute atomic E-state index is 4.49. The number of hydrogen-bond acceptors (Lipinski definition) is 2. The van der Waals surface area contributed by atoms with Gasteiger partial charge in [0.25, 0.3) is 0 Å². The monoisotopic (exact) mass is 194 g/mol. The van der Waals surface area contributed by atoms with Gasteiger partial charge in [0, 0.05) is 12.2 Å². The van der Waals surface area contributed by atoms with Crippen LogP contribution in [0, 0.1) is 0 Å². The van der Waals surface area contributed by atoms with E-state index >= 15 is 0 Å². The second-order valence-corrected chi connectivity index (χ2v) is 3.21. The van der Waals surface area contributed by atoms with Gasteiger partial charge in [0.1, 0.15) is 0 Å². The van der Waals surface area contributed by atoms with E-state index in [4.69, 9.17) is 0 Å². The molecule has 0 saturated heterocycles. The van der Waals surface area contributed by atoms with Crippen LogP contribution in [0.15, 0.2) is 18.2 Å². The Morgan fingerprint density at radius 2 is 1.71 bits per heavy atom. The van der Waals surface area contributed by atoms with Gasteiger partial charge < -0.3 is 4.90 Å². The predicted octanol–water partition coefficient (Wildman–Crippen LogP) is 2.73. The molecule has 0 fully saturated rings. The highest BCUT2D eigenvalue weighted by Crippen LogP contribution is 2.01. The van der Waals surface area contributed by atoms with E-state index in [2.05, 4.69) is 49.1 Å². The molecule has 80 valence electrons. The molecule has 0 N–H and O–H groups in total. The molecule has 0 amide bonds. The minimum Gasteiger partial charge on any atom is -0.304 e. The van der Waals surface area contributed by atoms with Crippen molar-refractivity contribution in [3.8, 4) is 0 Å². The van der Waals surface area contributed by atoms with Crippen LogP contribution in [0.25, 0.3) is 0 Å². The minimum absolute atomic E-state index is 0.924. The van der Waals surface area contributed by atoms with Crippen molar-refractivity contribution in [1.82, 2.24) is 9.88 Å². The first kappa shape index (κ1) is 13.1. The van der Waals surface area contributed by atoms with Crippen molar-refractivity contribution in [2.24, 2.45) is 0 Å². The zero-order chi connectivity index (χ0) is 11.0. The van der Waals surface area contributed by atoms with Crippen LogP contribution < -0.4 is 0 Å². The first-order chi connectivity index (χ1) is 6.72. The van der Waals surface area contributed by atoms with Crippen LogP contribution >= 0.6 is 0 Å². The summed E-state index contributed by atoms with van der Waals surface area (Å²) in [6.45, 7) is 7.05. The molecule has 0 aliphatic rings. The first-order valence-corrected chi connectivity index (χ1v) is 5.32. The Hall–Kier alpha value is -0.890. The average Bonchev–Trinajstić information content (AvgIpc) is 2.20. The standard InChI is InChI=1S/C10H16N2.C2H6/c1-4-9-6-5-7-10(11-9)8-12(2)3;1-2/h5-7H,4,8H2,1-3H3;1-2H3.